The molecule has 126 valence electrons. The molecule has 3 nitrogen and oxygen atoms in total. The summed E-state index contributed by atoms with van der Waals surface area (Å²) in [5.41, 5.74) is 8.19. The fourth-order valence-electron chi connectivity index (χ4n) is 3.25. The van der Waals surface area contributed by atoms with Crippen LogP contribution in [0.5, 0.6) is 0 Å². The van der Waals surface area contributed by atoms with Gasteiger partial charge in [-0.15, -0.1) is 0 Å². The number of aryl methyl sites for hydroxylation is 4. The Hall–Kier alpha value is -2.29. The maximum atomic E-state index is 4.76. The molecule has 3 rings (SSSR count). The number of hydrogen-bond acceptors (Lipinski definition) is 1. The fraction of sp³-hybridized carbons (Fsp3) is 0.381. The van der Waals surface area contributed by atoms with Crippen LogP contribution in [-0.2, 0) is 6.42 Å². The lowest BCUT2D eigenvalue weighted by molar-refractivity contribution is 0.710. The molecule has 2 heterocycles. The summed E-state index contributed by atoms with van der Waals surface area (Å²) in [5.74, 6) is 0. The molecule has 0 bridgehead atoms. The molecule has 3 heteroatoms. The molecule has 3 aromatic rings. The van der Waals surface area contributed by atoms with E-state index in [1.54, 1.807) is 0 Å². The molecule has 0 fully saturated rings. The van der Waals surface area contributed by atoms with Crippen molar-refractivity contribution in [1.29, 1.82) is 0 Å². The van der Waals surface area contributed by atoms with Crippen LogP contribution in [0, 0.1) is 20.8 Å². The predicted molar refractivity (Wildman–Crippen MR) is 104 cm³/mol. The van der Waals surface area contributed by atoms with Gasteiger partial charge >= 0.3 is 0 Å². The van der Waals surface area contributed by atoms with Gasteiger partial charge in [-0.25, -0.2) is 0 Å². The molecule has 0 spiro atoms. The Morgan fingerprint density at radius 2 is 1.83 bits per heavy atom. The van der Waals surface area contributed by atoms with Crippen molar-refractivity contribution in [3.8, 4) is 0 Å². The smallest absolute Gasteiger partial charge is 0.0874 e. The van der Waals surface area contributed by atoms with Crippen molar-refractivity contribution in [3.63, 3.8) is 0 Å². The molecular weight excluding hydrogens is 294 g/mol. The third-order valence-electron chi connectivity index (χ3n) is 4.48. The van der Waals surface area contributed by atoms with Gasteiger partial charge in [-0.1, -0.05) is 19.8 Å². The van der Waals surface area contributed by atoms with Crippen LogP contribution in [0.15, 0.2) is 29.3 Å². The molecule has 0 aliphatic heterocycles. The summed E-state index contributed by atoms with van der Waals surface area (Å²) in [7, 11) is 0. The standard InChI is InChI=1S/C21H27N3/c1-5-6-7-8-18-12-17-9-14(2)10-19(21(17)24-18)22-13-20-15(3)11-16(4)23-20/h9-13,23-24H,5-8H2,1-4H3/b22-13+. The van der Waals surface area contributed by atoms with E-state index in [1.165, 1.54) is 47.2 Å². The summed E-state index contributed by atoms with van der Waals surface area (Å²) in [6.07, 6.45) is 6.82. The Kier molecular flexibility index (Phi) is 4.89. The van der Waals surface area contributed by atoms with Crippen molar-refractivity contribution in [2.24, 2.45) is 4.99 Å². The van der Waals surface area contributed by atoms with Gasteiger partial charge in [0.25, 0.3) is 0 Å². The van der Waals surface area contributed by atoms with Crippen LogP contribution in [0.4, 0.5) is 5.69 Å². The maximum absolute atomic E-state index is 4.76. The summed E-state index contributed by atoms with van der Waals surface area (Å²) < 4.78 is 0. The largest absolute Gasteiger partial charge is 0.358 e. The first-order valence-corrected chi connectivity index (χ1v) is 8.89. The lowest BCUT2D eigenvalue weighted by Crippen LogP contribution is -1.86. The van der Waals surface area contributed by atoms with Gasteiger partial charge in [-0.2, -0.15) is 0 Å². The van der Waals surface area contributed by atoms with E-state index in [0.29, 0.717) is 0 Å². The summed E-state index contributed by atoms with van der Waals surface area (Å²) in [6, 6.07) is 8.81. The van der Waals surface area contributed by atoms with Crippen molar-refractivity contribution in [2.75, 3.05) is 0 Å². The van der Waals surface area contributed by atoms with E-state index in [1.807, 2.05) is 6.21 Å². The van der Waals surface area contributed by atoms with Gasteiger partial charge in [0, 0.05) is 16.8 Å². The maximum Gasteiger partial charge on any atom is 0.0874 e. The van der Waals surface area contributed by atoms with E-state index >= 15 is 0 Å². The SMILES string of the molecule is CCCCCc1cc2cc(C)cc(/N=C/c3[nH]c(C)cc3C)c2[nH]1. The van der Waals surface area contributed by atoms with E-state index in [0.717, 1.165) is 23.3 Å². The van der Waals surface area contributed by atoms with E-state index in [-0.39, 0.29) is 0 Å². The number of hydrogen-bond donors (Lipinski definition) is 2. The van der Waals surface area contributed by atoms with Crippen LogP contribution in [0.2, 0.25) is 0 Å². The van der Waals surface area contributed by atoms with Gasteiger partial charge in [-0.3, -0.25) is 4.99 Å². The third kappa shape index (κ3) is 3.61. The quantitative estimate of drug-likeness (QED) is 0.419. The van der Waals surface area contributed by atoms with Crippen LogP contribution >= 0.6 is 0 Å². The number of unbranched alkanes of at least 4 members (excludes halogenated alkanes) is 2. The number of aliphatic imine (C=N–C) groups is 1. The molecule has 0 unspecified atom stereocenters. The molecule has 0 saturated heterocycles. The van der Waals surface area contributed by atoms with Crippen molar-refractivity contribution in [3.05, 3.63) is 52.5 Å². The predicted octanol–water partition coefficient (Wildman–Crippen LogP) is 5.90. The van der Waals surface area contributed by atoms with Gasteiger partial charge < -0.3 is 9.97 Å². The molecule has 0 aliphatic carbocycles. The van der Waals surface area contributed by atoms with E-state index in [2.05, 4.69) is 61.9 Å². The van der Waals surface area contributed by atoms with Gasteiger partial charge in [0.05, 0.1) is 23.1 Å². The van der Waals surface area contributed by atoms with Crippen molar-refractivity contribution in [1.82, 2.24) is 9.97 Å². The molecular formula is C21H27N3. The summed E-state index contributed by atoms with van der Waals surface area (Å²) in [5, 5.41) is 1.26. The fourth-order valence-corrected chi connectivity index (χ4v) is 3.25. The Bertz CT molecular complexity index is 865. The molecule has 1 aromatic carbocycles. The third-order valence-corrected chi connectivity index (χ3v) is 4.48. The van der Waals surface area contributed by atoms with Gasteiger partial charge in [0.1, 0.15) is 0 Å². The van der Waals surface area contributed by atoms with E-state index in [9.17, 15) is 0 Å². The average molecular weight is 321 g/mol. The second kappa shape index (κ2) is 7.08. The van der Waals surface area contributed by atoms with Crippen molar-refractivity contribution < 1.29 is 0 Å². The first kappa shape index (κ1) is 16.6. The Labute approximate surface area is 144 Å². The zero-order chi connectivity index (χ0) is 17.1. The minimum absolute atomic E-state index is 1.01. The first-order chi connectivity index (χ1) is 11.6. The normalized spacial score (nSPS) is 11.8. The van der Waals surface area contributed by atoms with Crippen molar-refractivity contribution in [2.45, 2.75) is 53.4 Å². The summed E-state index contributed by atoms with van der Waals surface area (Å²) in [6.45, 7) is 8.55. The second-order valence-electron chi connectivity index (χ2n) is 6.81. The van der Waals surface area contributed by atoms with Crippen LogP contribution < -0.4 is 0 Å². The molecule has 0 atom stereocenters. The highest BCUT2D eigenvalue weighted by atomic mass is 14.8. The molecule has 0 aliphatic rings. The summed E-state index contributed by atoms with van der Waals surface area (Å²) in [4.78, 5) is 11.7. The number of aromatic amines is 2. The van der Waals surface area contributed by atoms with E-state index in [4.69, 9.17) is 4.99 Å². The molecule has 0 radical (unpaired) electrons. The number of H-pyrrole nitrogens is 2. The summed E-state index contributed by atoms with van der Waals surface area (Å²) >= 11 is 0. The van der Waals surface area contributed by atoms with Crippen molar-refractivity contribution >= 4 is 22.8 Å². The Morgan fingerprint density at radius 1 is 1.00 bits per heavy atom. The number of rotatable bonds is 6. The zero-order valence-corrected chi connectivity index (χ0v) is 15.2. The van der Waals surface area contributed by atoms with Crippen LogP contribution in [0.3, 0.4) is 0 Å². The number of nitrogens with one attached hydrogen (secondary N) is 2. The highest BCUT2D eigenvalue weighted by Crippen LogP contribution is 2.28. The van der Waals surface area contributed by atoms with E-state index < -0.39 is 0 Å². The second-order valence-corrected chi connectivity index (χ2v) is 6.81. The minimum atomic E-state index is 1.01. The zero-order valence-electron chi connectivity index (χ0n) is 15.2. The monoisotopic (exact) mass is 321 g/mol. The van der Waals surface area contributed by atoms with Gasteiger partial charge in [0.15, 0.2) is 0 Å². The number of fused-ring (bicyclic) bond motifs is 1. The Morgan fingerprint density at radius 3 is 2.54 bits per heavy atom. The van der Waals surface area contributed by atoms with Gasteiger partial charge in [-0.05, 0) is 69.0 Å². The number of nitrogens with zero attached hydrogens (tertiary/aromatic N) is 1. The Balaban J connectivity index is 1.93. The molecule has 0 saturated carbocycles. The van der Waals surface area contributed by atoms with Gasteiger partial charge in [0.2, 0.25) is 0 Å². The van der Waals surface area contributed by atoms with Crippen LogP contribution in [0.25, 0.3) is 10.9 Å². The molecule has 2 N–H and O–H groups in total. The van der Waals surface area contributed by atoms with Crippen LogP contribution in [0.1, 0.15) is 54.4 Å². The average Bonchev–Trinajstić information content (AvgIpc) is 3.07. The highest BCUT2D eigenvalue weighted by Gasteiger charge is 2.07. The molecule has 0 amide bonds. The lowest BCUT2D eigenvalue weighted by atomic mass is 10.1. The lowest BCUT2D eigenvalue weighted by Gasteiger charge is -2.00. The number of benzene rings is 1. The van der Waals surface area contributed by atoms with Crippen LogP contribution in [-0.4, -0.2) is 16.2 Å². The topological polar surface area (TPSA) is 43.9 Å². The molecule has 24 heavy (non-hydrogen) atoms. The first-order valence-electron chi connectivity index (χ1n) is 8.89. The number of aromatic nitrogens is 2. The highest BCUT2D eigenvalue weighted by molar-refractivity contribution is 5.94. The molecule has 2 aromatic heterocycles. The minimum Gasteiger partial charge on any atom is -0.358 e.